The molecule has 0 radical (unpaired) electrons. The molecule has 1 rings (SSSR count). The van der Waals surface area contributed by atoms with Crippen molar-refractivity contribution >= 4 is 10.0 Å². The second-order valence-corrected chi connectivity index (χ2v) is 5.96. The van der Waals surface area contributed by atoms with Crippen LogP contribution in [0, 0.1) is 0 Å². The molecule has 2 N–H and O–H groups in total. The maximum Gasteiger partial charge on any atom is 0.261 e. The number of hydrogen-bond donors (Lipinski definition) is 1. The van der Waals surface area contributed by atoms with Gasteiger partial charge in [0.2, 0.25) is 0 Å². The monoisotopic (exact) mass is 246 g/mol. The largest absolute Gasteiger partial charge is 0.339 e. The number of rotatable bonds is 5. The van der Waals surface area contributed by atoms with Gasteiger partial charge in [-0.25, -0.2) is 13.4 Å². The van der Waals surface area contributed by atoms with Crippen molar-refractivity contribution in [2.45, 2.75) is 24.4 Å². The molecular weight excluding hydrogens is 228 g/mol. The SMILES string of the molecule is CC(N)CCN(C)S(=O)(=O)c1cn(C)cn1. The number of imidazole rings is 1. The number of nitrogens with two attached hydrogens (primary N) is 1. The second-order valence-electron chi connectivity index (χ2n) is 3.97. The predicted octanol–water partition coefficient (Wildman–Crippen LogP) is -0.222. The van der Waals surface area contributed by atoms with E-state index in [1.807, 2.05) is 6.92 Å². The van der Waals surface area contributed by atoms with Gasteiger partial charge in [-0.2, -0.15) is 4.31 Å². The summed E-state index contributed by atoms with van der Waals surface area (Å²) in [5.41, 5.74) is 5.59. The maximum atomic E-state index is 12.0. The first kappa shape index (κ1) is 13.1. The minimum absolute atomic E-state index is 0.0126. The molecule has 6 nitrogen and oxygen atoms in total. The fourth-order valence-corrected chi connectivity index (χ4v) is 2.33. The van der Waals surface area contributed by atoms with Crippen LogP contribution in [0.1, 0.15) is 13.3 Å². The first-order valence-electron chi connectivity index (χ1n) is 5.04. The quantitative estimate of drug-likeness (QED) is 0.778. The highest BCUT2D eigenvalue weighted by Gasteiger charge is 2.22. The fourth-order valence-electron chi connectivity index (χ4n) is 1.19. The van der Waals surface area contributed by atoms with Crippen molar-refractivity contribution in [2.24, 2.45) is 12.8 Å². The van der Waals surface area contributed by atoms with Crippen molar-refractivity contribution in [2.75, 3.05) is 13.6 Å². The lowest BCUT2D eigenvalue weighted by Gasteiger charge is -2.16. The van der Waals surface area contributed by atoms with E-state index in [9.17, 15) is 8.42 Å². The zero-order chi connectivity index (χ0) is 12.3. The summed E-state index contributed by atoms with van der Waals surface area (Å²) in [6, 6.07) is -0.0126. The van der Waals surface area contributed by atoms with E-state index in [2.05, 4.69) is 4.98 Å². The van der Waals surface area contributed by atoms with Gasteiger partial charge in [-0.15, -0.1) is 0 Å². The molecule has 1 aromatic heterocycles. The lowest BCUT2D eigenvalue weighted by molar-refractivity contribution is 0.444. The van der Waals surface area contributed by atoms with Crippen molar-refractivity contribution in [3.8, 4) is 0 Å². The van der Waals surface area contributed by atoms with Crippen LogP contribution in [-0.4, -0.2) is 41.9 Å². The Morgan fingerprint density at radius 2 is 2.25 bits per heavy atom. The molecule has 0 fully saturated rings. The molecule has 0 saturated carbocycles. The summed E-state index contributed by atoms with van der Waals surface area (Å²) in [7, 11) is -0.204. The van der Waals surface area contributed by atoms with Crippen molar-refractivity contribution in [1.82, 2.24) is 13.9 Å². The Bertz CT molecular complexity index is 438. The van der Waals surface area contributed by atoms with Crippen molar-refractivity contribution < 1.29 is 8.42 Å². The van der Waals surface area contributed by atoms with Gasteiger partial charge >= 0.3 is 0 Å². The molecule has 0 amide bonds. The number of nitrogens with zero attached hydrogens (tertiary/aromatic N) is 3. The van der Waals surface area contributed by atoms with Crippen LogP contribution in [0.15, 0.2) is 17.6 Å². The summed E-state index contributed by atoms with van der Waals surface area (Å²) in [5, 5.41) is 0.0715. The van der Waals surface area contributed by atoms with Gasteiger partial charge in [-0.3, -0.25) is 0 Å². The third kappa shape index (κ3) is 3.03. The van der Waals surface area contributed by atoms with Gasteiger partial charge in [0, 0.05) is 32.9 Å². The van der Waals surface area contributed by atoms with Gasteiger partial charge in [0.25, 0.3) is 10.0 Å². The fraction of sp³-hybridized carbons (Fsp3) is 0.667. The number of hydrogen-bond acceptors (Lipinski definition) is 4. The van der Waals surface area contributed by atoms with E-state index < -0.39 is 10.0 Å². The normalized spacial score (nSPS) is 14.3. The van der Waals surface area contributed by atoms with Crippen LogP contribution in [0.25, 0.3) is 0 Å². The van der Waals surface area contributed by atoms with Gasteiger partial charge in [-0.1, -0.05) is 0 Å². The lowest BCUT2D eigenvalue weighted by Crippen LogP contribution is -2.31. The first-order valence-corrected chi connectivity index (χ1v) is 6.48. The van der Waals surface area contributed by atoms with Crippen LogP contribution < -0.4 is 5.73 Å². The molecule has 0 spiro atoms. The molecule has 16 heavy (non-hydrogen) atoms. The van der Waals surface area contributed by atoms with Gasteiger partial charge < -0.3 is 10.3 Å². The highest BCUT2D eigenvalue weighted by molar-refractivity contribution is 7.89. The minimum atomic E-state index is -3.47. The van der Waals surface area contributed by atoms with E-state index in [1.54, 1.807) is 11.6 Å². The third-order valence-corrected chi connectivity index (χ3v) is 4.00. The molecule has 1 heterocycles. The molecule has 92 valence electrons. The molecule has 0 aliphatic rings. The summed E-state index contributed by atoms with van der Waals surface area (Å²) >= 11 is 0. The molecule has 1 aromatic rings. The Balaban J connectivity index is 2.78. The Morgan fingerprint density at radius 1 is 1.62 bits per heavy atom. The number of aromatic nitrogens is 2. The van der Waals surface area contributed by atoms with Gasteiger partial charge in [-0.05, 0) is 13.3 Å². The number of aryl methyl sites for hydroxylation is 1. The Hall–Kier alpha value is -0.920. The zero-order valence-electron chi connectivity index (χ0n) is 9.79. The second kappa shape index (κ2) is 4.94. The minimum Gasteiger partial charge on any atom is -0.339 e. The zero-order valence-corrected chi connectivity index (χ0v) is 10.6. The molecule has 1 atom stereocenters. The molecular formula is C9H18N4O2S. The molecule has 1 unspecified atom stereocenters. The van der Waals surface area contributed by atoms with Crippen molar-refractivity contribution in [3.05, 3.63) is 12.5 Å². The summed E-state index contributed by atoms with van der Waals surface area (Å²) in [6.45, 7) is 2.25. The topological polar surface area (TPSA) is 81.2 Å². The van der Waals surface area contributed by atoms with Crippen LogP contribution in [0.2, 0.25) is 0 Å². The number of sulfonamides is 1. The Kier molecular flexibility index (Phi) is 4.06. The van der Waals surface area contributed by atoms with Crippen LogP contribution in [0.5, 0.6) is 0 Å². The van der Waals surface area contributed by atoms with Crippen LogP contribution in [0.4, 0.5) is 0 Å². The molecule has 0 saturated heterocycles. The van der Waals surface area contributed by atoms with Crippen LogP contribution >= 0.6 is 0 Å². The Labute approximate surface area is 96.1 Å². The molecule has 7 heteroatoms. The van der Waals surface area contributed by atoms with Crippen molar-refractivity contribution in [3.63, 3.8) is 0 Å². The maximum absolute atomic E-state index is 12.0. The highest BCUT2D eigenvalue weighted by Crippen LogP contribution is 2.11. The summed E-state index contributed by atoms with van der Waals surface area (Å²) < 4.78 is 26.8. The van der Waals surface area contributed by atoms with E-state index in [1.165, 1.54) is 23.9 Å². The van der Waals surface area contributed by atoms with E-state index >= 15 is 0 Å². The molecule has 0 bridgehead atoms. The average molecular weight is 246 g/mol. The predicted molar refractivity (Wildman–Crippen MR) is 61.3 cm³/mol. The summed E-state index contributed by atoms with van der Waals surface area (Å²) in [4.78, 5) is 3.84. The van der Waals surface area contributed by atoms with Gasteiger partial charge in [0.15, 0.2) is 5.03 Å². The first-order chi connectivity index (χ1) is 7.34. The van der Waals surface area contributed by atoms with E-state index in [4.69, 9.17) is 5.73 Å². The summed E-state index contributed by atoms with van der Waals surface area (Å²) in [6.07, 6.45) is 3.58. The van der Waals surface area contributed by atoms with Crippen molar-refractivity contribution in [1.29, 1.82) is 0 Å². The van der Waals surface area contributed by atoms with Gasteiger partial charge in [0.05, 0.1) is 6.33 Å². The highest BCUT2D eigenvalue weighted by atomic mass is 32.2. The molecule has 0 aliphatic carbocycles. The third-order valence-electron chi connectivity index (χ3n) is 2.26. The molecule has 0 aromatic carbocycles. The smallest absolute Gasteiger partial charge is 0.261 e. The van der Waals surface area contributed by atoms with Crippen LogP contribution in [-0.2, 0) is 17.1 Å². The van der Waals surface area contributed by atoms with Crippen LogP contribution in [0.3, 0.4) is 0 Å². The average Bonchev–Trinajstić information content (AvgIpc) is 2.61. The van der Waals surface area contributed by atoms with Gasteiger partial charge in [0.1, 0.15) is 0 Å². The van der Waals surface area contributed by atoms with E-state index in [-0.39, 0.29) is 11.1 Å². The molecule has 0 aliphatic heterocycles. The lowest BCUT2D eigenvalue weighted by atomic mass is 10.2. The van der Waals surface area contributed by atoms with E-state index in [0.29, 0.717) is 13.0 Å². The Morgan fingerprint density at radius 3 is 2.69 bits per heavy atom. The summed E-state index contributed by atoms with van der Waals surface area (Å²) in [5.74, 6) is 0. The van der Waals surface area contributed by atoms with E-state index in [0.717, 1.165) is 0 Å². The standard InChI is InChI=1S/C9H18N4O2S/c1-8(10)4-5-13(3)16(14,15)9-6-12(2)7-11-9/h6-8H,4-5,10H2,1-3H3.